The van der Waals surface area contributed by atoms with Gasteiger partial charge in [-0.3, -0.25) is 9.78 Å². The summed E-state index contributed by atoms with van der Waals surface area (Å²) < 4.78 is 5.20. The van der Waals surface area contributed by atoms with E-state index in [9.17, 15) is 4.79 Å². The first-order valence-electron chi connectivity index (χ1n) is 9.86. The van der Waals surface area contributed by atoms with Gasteiger partial charge in [0.15, 0.2) is 0 Å². The number of aromatic nitrogens is 1. The van der Waals surface area contributed by atoms with Crippen LogP contribution in [0.5, 0.6) is 5.75 Å². The number of rotatable bonds is 6. The molecule has 1 aromatic carbocycles. The number of anilines is 2. The summed E-state index contributed by atoms with van der Waals surface area (Å²) in [5, 5.41) is 7.48. The molecule has 2 aromatic heterocycles. The molecule has 0 saturated heterocycles. The number of carbonyl (C=O) groups is 1. The fourth-order valence-electron chi connectivity index (χ4n) is 3.67. The van der Waals surface area contributed by atoms with E-state index >= 15 is 0 Å². The third kappa shape index (κ3) is 4.43. The Morgan fingerprint density at radius 2 is 2.10 bits per heavy atom. The van der Waals surface area contributed by atoms with Gasteiger partial charge in [-0.15, -0.1) is 11.3 Å². The SMILES string of the molecule is COc1ccc(NC(=O)c2c(NCc3cccnc3)sc3c2CC[C@H](C)C3)cc1. The number of pyridine rings is 1. The number of fused-ring (bicyclic) bond motifs is 1. The van der Waals surface area contributed by atoms with Crippen molar-refractivity contribution in [2.24, 2.45) is 5.92 Å². The monoisotopic (exact) mass is 407 g/mol. The number of hydrogen-bond donors (Lipinski definition) is 2. The first-order valence-corrected chi connectivity index (χ1v) is 10.7. The van der Waals surface area contributed by atoms with Gasteiger partial charge >= 0.3 is 0 Å². The van der Waals surface area contributed by atoms with Gasteiger partial charge in [-0.2, -0.15) is 0 Å². The molecule has 1 aliphatic carbocycles. The molecule has 4 rings (SSSR count). The van der Waals surface area contributed by atoms with Gasteiger partial charge in [0.25, 0.3) is 5.91 Å². The number of amides is 1. The van der Waals surface area contributed by atoms with Gasteiger partial charge in [-0.1, -0.05) is 13.0 Å². The molecule has 0 saturated carbocycles. The van der Waals surface area contributed by atoms with Crippen LogP contribution in [0.1, 0.15) is 39.7 Å². The molecular weight excluding hydrogens is 382 g/mol. The summed E-state index contributed by atoms with van der Waals surface area (Å²) in [6.07, 6.45) is 6.72. The summed E-state index contributed by atoms with van der Waals surface area (Å²) in [6, 6.07) is 11.4. The van der Waals surface area contributed by atoms with E-state index in [1.807, 2.05) is 42.6 Å². The van der Waals surface area contributed by atoms with Gasteiger partial charge in [0.05, 0.1) is 12.7 Å². The topological polar surface area (TPSA) is 63.2 Å². The molecule has 150 valence electrons. The highest BCUT2D eigenvalue weighted by molar-refractivity contribution is 7.16. The average molecular weight is 408 g/mol. The van der Waals surface area contributed by atoms with Crippen molar-refractivity contribution in [1.29, 1.82) is 0 Å². The number of nitrogens with zero attached hydrogens (tertiary/aromatic N) is 1. The standard InChI is InChI=1S/C23H25N3O2S/c1-15-5-10-19-20(12-15)29-23(25-14-16-4-3-11-24-13-16)21(19)22(27)26-17-6-8-18(28-2)9-7-17/h3-4,6-9,11,13,15,25H,5,10,12,14H2,1-2H3,(H,26,27)/t15-/m0/s1. The Morgan fingerprint density at radius 1 is 1.28 bits per heavy atom. The van der Waals surface area contributed by atoms with Crippen LogP contribution in [0.3, 0.4) is 0 Å². The van der Waals surface area contributed by atoms with Crippen molar-refractivity contribution >= 4 is 27.9 Å². The molecule has 0 bridgehead atoms. The lowest BCUT2D eigenvalue weighted by Gasteiger charge is -2.18. The molecule has 0 spiro atoms. The van der Waals surface area contributed by atoms with Gasteiger partial charge in [-0.05, 0) is 66.6 Å². The molecular formula is C23H25N3O2S. The highest BCUT2D eigenvalue weighted by Gasteiger charge is 2.27. The molecule has 2 heterocycles. The highest BCUT2D eigenvalue weighted by Crippen LogP contribution is 2.40. The van der Waals surface area contributed by atoms with Crippen LogP contribution in [0.25, 0.3) is 0 Å². The van der Waals surface area contributed by atoms with Crippen LogP contribution < -0.4 is 15.4 Å². The largest absolute Gasteiger partial charge is 0.497 e. The predicted molar refractivity (Wildman–Crippen MR) is 118 cm³/mol. The second-order valence-corrected chi connectivity index (χ2v) is 8.56. The van der Waals surface area contributed by atoms with Crippen molar-refractivity contribution in [3.63, 3.8) is 0 Å². The van der Waals surface area contributed by atoms with Gasteiger partial charge in [-0.25, -0.2) is 0 Å². The lowest BCUT2D eigenvalue weighted by atomic mass is 9.88. The van der Waals surface area contributed by atoms with E-state index in [2.05, 4.69) is 22.5 Å². The first-order chi connectivity index (χ1) is 14.1. The Morgan fingerprint density at radius 3 is 2.83 bits per heavy atom. The molecule has 2 N–H and O–H groups in total. The number of thiophene rings is 1. The summed E-state index contributed by atoms with van der Waals surface area (Å²) >= 11 is 1.72. The van der Waals surface area contributed by atoms with Crippen LogP contribution in [0.4, 0.5) is 10.7 Å². The van der Waals surface area contributed by atoms with Crippen molar-refractivity contribution in [1.82, 2.24) is 4.98 Å². The minimum absolute atomic E-state index is 0.0593. The fraction of sp³-hybridized carbons (Fsp3) is 0.304. The van der Waals surface area contributed by atoms with Crippen LogP contribution in [0.2, 0.25) is 0 Å². The zero-order chi connectivity index (χ0) is 20.2. The summed E-state index contributed by atoms with van der Waals surface area (Å²) in [5.74, 6) is 1.37. The van der Waals surface area contributed by atoms with Crippen molar-refractivity contribution in [3.05, 3.63) is 70.4 Å². The zero-order valence-electron chi connectivity index (χ0n) is 16.7. The smallest absolute Gasteiger partial charge is 0.258 e. The quantitative estimate of drug-likeness (QED) is 0.594. The summed E-state index contributed by atoms with van der Waals surface area (Å²) in [5.41, 5.74) is 3.84. The zero-order valence-corrected chi connectivity index (χ0v) is 17.5. The number of benzene rings is 1. The molecule has 1 aliphatic rings. The lowest BCUT2D eigenvalue weighted by molar-refractivity contribution is 0.102. The maximum absolute atomic E-state index is 13.2. The lowest BCUT2D eigenvalue weighted by Crippen LogP contribution is -2.17. The summed E-state index contributed by atoms with van der Waals surface area (Å²) in [6.45, 7) is 2.92. The van der Waals surface area contributed by atoms with Crippen LogP contribution in [0.15, 0.2) is 48.8 Å². The Bertz CT molecular complexity index is 983. The van der Waals surface area contributed by atoms with Gasteiger partial charge < -0.3 is 15.4 Å². The number of nitrogens with one attached hydrogen (secondary N) is 2. The van der Waals surface area contributed by atoms with Gasteiger partial charge in [0, 0.05) is 29.5 Å². The van der Waals surface area contributed by atoms with Crippen molar-refractivity contribution < 1.29 is 9.53 Å². The van der Waals surface area contributed by atoms with E-state index in [1.165, 1.54) is 10.4 Å². The van der Waals surface area contributed by atoms with Gasteiger partial charge in [0.2, 0.25) is 0 Å². The van der Waals surface area contributed by atoms with Crippen molar-refractivity contribution in [2.75, 3.05) is 17.7 Å². The third-order valence-electron chi connectivity index (χ3n) is 5.26. The minimum Gasteiger partial charge on any atom is -0.497 e. The molecule has 0 fully saturated rings. The Hall–Kier alpha value is -2.86. The Labute approximate surface area is 175 Å². The molecule has 6 heteroatoms. The highest BCUT2D eigenvalue weighted by atomic mass is 32.1. The van der Waals surface area contributed by atoms with Crippen LogP contribution in [-0.2, 0) is 19.4 Å². The fourth-order valence-corrected chi connectivity index (χ4v) is 5.07. The number of methoxy groups -OCH3 is 1. The molecule has 1 amide bonds. The van der Waals surface area contributed by atoms with Crippen molar-refractivity contribution in [3.8, 4) is 5.75 Å². The molecule has 3 aromatic rings. The van der Waals surface area contributed by atoms with E-state index in [1.54, 1.807) is 24.6 Å². The van der Waals surface area contributed by atoms with Crippen LogP contribution in [-0.4, -0.2) is 18.0 Å². The average Bonchev–Trinajstić information content (AvgIpc) is 3.11. The maximum Gasteiger partial charge on any atom is 0.258 e. The Kier molecular flexibility index (Phi) is 5.81. The van der Waals surface area contributed by atoms with E-state index in [-0.39, 0.29) is 5.91 Å². The summed E-state index contributed by atoms with van der Waals surface area (Å²) in [4.78, 5) is 18.7. The number of ether oxygens (including phenoxy) is 1. The predicted octanol–water partition coefficient (Wildman–Crippen LogP) is 5.14. The van der Waals surface area contributed by atoms with Crippen molar-refractivity contribution in [2.45, 2.75) is 32.7 Å². The molecule has 5 nitrogen and oxygen atoms in total. The third-order valence-corrected chi connectivity index (χ3v) is 6.47. The van der Waals surface area contributed by atoms with E-state index in [0.29, 0.717) is 12.5 Å². The van der Waals surface area contributed by atoms with E-state index < -0.39 is 0 Å². The number of hydrogen-bond acceptors (Lipinski definition) is 5. The second-order valence-electron chi connectivity index (χ2n) is 7.45. The second kappa shape index (κ2) is 8.66. The van der Waals surface area contributed by atoms with E-state index in [4.69, 9.17) is 4.74 Å². The normalized spacial score (nSPS) is 15.4. The molecule has 0 radical (unpaired) electrons. The minimum atomic E-state index is -0.0593. The molecule has 0 unspecified atom stereocenters. The Balaban J connectivity index is 1.59. The van der Waals surface area contributed by atoms with Crippen LogP contribution in [0, 0.1) is 5.92 Å². The van der Waals surface area contributed by atoms with Gasteiger partial charge in [0.1, 0.15) is 10.8 Å². The molecule has 1 atom stereocenters. The molecule has 29 heavy (non-hydrogen) atoms. The molecule has 0 aliphatic heterocycles. The summed E-state index contributed by atoms with van der Waals surface area (Å²) in [7, 11) is 1.63. The first kappa shape index (κ1) is 19.5. The van der Waals surface area contributed by atoms with Crippen LogP contribution >= 0.6 is 11.3 Å². The maximum atomic E-state index is 13.2. The van der Waals surface area contributed by atoms with E-state index in [0.717, 1.165) is 46.8 Å². The number of carbonyl (C=O) groups excluding carboxylic acids is 1.